The average Bonchev–Trinajstić information content (AvgIpc) is 3.20. The number of aryl methyl sites for hydroxylation is 1. The molecule has 0 saturated carbocycles. The number of anilines is 3. The molecule has 0 radical (unpaired) electrons. The van der Waals surface area contributed by atoms with Crippen LogP contribution in [0.15, 0.2) is 67.0 Å². The van der Waals surface area contributed by atoms with Crippen LogP contribution in [0.1, 0.15) is 17.7 Å². The Morgan fingerprint density at radius 2 is 1.88 bits per heavy atom. The number of nitrogens with zero attached hydrogens (tertiary/aromatic N) is 3. The Balaban J connectivity index is 0.000000416. The molecule has 1 aliphatic heterocycles. The molecule has 3 heterocycles. The van der Waals surface area contributed by atoms with Gasteiger partial charge in [-0.25, -0.2) is 9.78 Å². The van der Waals surface area contributed by atoms with Gasteiger partial charge in [0.05, 0.1) is 11.9 Å². The van der Waals surface area contributed by atoms with Gasteiger partial charge in [0.25, 0.3) is 0 Å². The number of benzene rings is 1. The molecule has 1 aromatic carbocycles. The summed E-state index contributed by atoms with van der Waals surface area (Å²) in [5, 5.41) is 16.5. The number of likely N-dealkylation sites (tertiary alicyclic amines) is 1. The van der Waals surface area contributed by atoms with Crippen LogP contribution in [0.4, 0.5) is 22.0 Å². The van der Waals surface area contributed by atoms with Crippen molar-refractivity contribution in [3.05, 3.63) is 78.2 Å². The highest BCUT2D eigenvalue weighted by Crippen LogP contribution is 2.21. The minimum absolute atomic E-state index is 0.151. The third-order valence-corrected chi connectivity index (χ3v) is 4.90. The van der Waals surface area contributed by atoms with Crippen molar-refractivity contribution in [2.24, 2.45) is 0 Å². The molecule has 3 aromatic rings. The van der Waals surface area contributed by atoms with Gasteiger partial charge in [-0.1, -0.05) is 36.4 Å². The van der Waals surface area contributed by atoms with Gasteiger partial charge in [-0.2, -0.15) is 0 Å². The number of rotatable bonds is 5. The fraction of sp³-hybridized carbons (Fsp3) is 0.250. The van der Waals surface area contributed by atoms with Gasteiger partial charge in [-0.3, -0.25) is 10.3 Å². The highest BCUT2D eigenvalue weighted by molar-refractivity contribution is 5.92. The van der Waals surface area contributed by atoms with E-state index in [1.165, 1.54) is 6.21 Å². The van der Waals surface area contributed by atoms with E-state index in [1.54, 1.807) is 18.5 Å². The van der Waals surface area contributed by atoms with Crippen LogP contribution >= 0.6 is 0 Å². The number of hydrogen-bond acceptors (Lipinski definition) is 6. The number of amides is 2. The van der Waals surface area contributed by atoms with Crippen LogP contribution in [0.3, 0.4) is 0 Å². The molecule has 4 rings (SSSR count). The number of carbonyl (C=O) groups excluding carboxylic acids is 1. The molecule has 1 aliphatic rings. The first-order valence-corrected chi connectivity index (χ1v) is 10.5. The first-order valence-electron chi connectivity index (χ1n) is 10.5. The maximum absolute atomic E-state index is 12.1. The monoisotopic (exact) mass is 431 g/mol. The minimum Gasteiger partial charge on any atom is -0.354 e. The molecular formula is C24H29N7O. The van der Waals surface area contributed by atoms with Crippen molar-refractivity contribution in [3.63, 3.8) is 0 Å². The van der Waals surface area contributed by atoms with Crippen LogP contribution in [0.2, 0.25) is 0 Å². The lowest BCUT2D eigenvalue weighted by Crippen LogP contribution is -2.39. The zero-order chi connectivity index (χ0) is 22.8. The standard InChI is InChI=1S/C18H23N7O.C6H6/c1-12-7-14(3-5-20-12)22-16-10-21-17(8-13(16)9-19)24-18(26)23-15-4-6-25(2)11-15;1-2-4-6-5-3-1/h3,5,7-10,15,19H,4,6,11H2,1-2H3,(H,20,22)(H2,21,23,24,26);1-6H/t15-;/m1./s1. The van der Waals surface area contributed by atoms with E-state index in [2.05, 4.69) is 30.8 Å². The van der Waals surface area contributed by atoms with E-state index in [4.69, 9.17) is 5.41 Å². The van der Waals surface area contributed by atoms with Crippen molar-refractivity contribution < 1.29 is 4.79 Å². The Kier molecular flexibility index (Phi) is 8.28. The van der Waals surface area contributed by atoms with Crippen molar-refractivity contribution in [2.75, 3.05) is 30.8 Å². The number of hydrogen-bond donors (Lipinski definition) is 4. The lowest BCUT2D eigenvalue weighted by molar-refractivity contribution is 0.248. The molecule has 1 saturated heterocycles. The number of urea groups is 1. The van der Waals surface area contributed by atoms with Crippen LogP contribution in [-0.2, 0) is 0 Å². The highest BCUT2D eigenvalue weighted by Gasteiger charge is 2.21. The summed E-state index contributed by atoms with van der Waals surface area (Å²) in [6, 6.07) is 17.3. The molecule has 4 N–H and O–H groups in total. The normalized spacial score (nSPS) is 15.2. The quantitative estimate of drug-likeness (QED) is 0.456. The molecule has 8 nitrogen and oxygen atoms in total. The van der Waals surface area contributed by atoms with Crippen LogP contribution in [-0.4, -0.2) is 53.3 Å². The number of likely N-dealkylation sites (N-methyl/N-ethyl adjacent to an activating group) is 1. The topological polar surface area (TPSA) is 106 Å². The highest BCUT2D eigenvalue weighted by atomic mass is 16.2. The average molecular weight is 432 g/mol. The first-order chi connectivity index (χ1) is 15.5. The number of aromatic nitrogens is 2. The van der Waals surface area contributed by atoms with Crippen molar-refractivity contribution in [2.45, 2.75) is 19.4 Å². The summed E-state index contributed by atoms with van der Waals surface area (Å²) >= 11 is 0. The Bertz CT molecular complexity index is 999. The minimum atomic E-state index is -0.279. The second-order valence-corrected chi connectivity index (χ2v) is 7.61. The van der Waals surface area contributed by atoms with Gasteiger partial charge in [0.1, 0.15) is 5.82 Å². The Morgan fingerprint density at radius 1 is 1.16 bits per heavy atom. The smallest absolute Gasteiger partial charge is 0.320 e. The zero-order valence-electron chi connectivity index (χ0n) is 18.4. The summed E-state index contributed by atoms with van der Waals surface area (Å²) in [6.45, 7) is 3.74. The fourth-order valence-corrected chi connectivity index (χ4v) is 3.32. The SMILES string of the molecule is Cc1cc(Nc2cnc(NC(=O)N[C@@H]3CCN(C)C3)cc2C=N)ccn1.c1ccccc1. The van der Waals surface area contributed by atoms with Gasteiger partial charge in [-0.15, -0.1) is 0 Å². The van der Waals surface area contributed by atoms with E-state index >= 15 is 0 Å². The van der Waals surface area contributed by atoms with Gasteiger partial charge in [0.2, 0.25) is 0 Å². The van der Waals surface area contributed by atoms with Gasteiger partial charge < -0.3 is 20.9 Å². The zero-order valence-corrected chi connectivity index (χ0v) is 18.4. The third-order valence-electron chi connectivity index (χ3n) is 4.90. The molecule has 0 aliphatic carbocycles. The van der Waals surface area contributed by atoms with E-state index in [-0.39, 0.29) is 12.1 Å². The molecule has 166 valence electrons. The van der Waals surface area contributed by atoms with Crippen LogP contribution in [0.5, 0.6) is 0 Å². The molecule has 1 fully saturated rings. The molecule has 32 heavy (non-hydrogen) atoms. The van der Waals surface area contributed by atoms with Gasteiger partial charge in [0.15, 0.2) is 0 Å². The molecule has 1 atom stereocenters. The molecule has 2 aromatic heterocycles. The van der Waals surface area contributed by atoms with E-state index in [1.807, 2.05) is 62.5 Å². The van der Waals surface area contributed by atoms with Crippen molar-refractivity contribution in [1.29, 1.82) is 5.41 Å². The number of carbonyl (C=O) groups is 1. The van der Waals surface area contributed by atoms with Gasteiger partial charge in [-0.05, 0) is 45.1 Å². The fourth-order valence-electron chi connectivity index (χ4n) is 3.32. The third kappa shape index (κ3) is 7.17. The Labute approximate surface area is 188 Å². The molecule has 8 heteroatoms. The van der Waals surface area contributed by atoms with Gasteiger partial charge >= 0.3 is 6.03 Å². The summed E-state index contributed by atoms with van der Waals surface area (Å²) in [5.41, 5.74) is 3.08. The van der Waals surface area contributed by atoms with E-state index in [0.717, 1.165) is 30.9 Å². The van der Waals surface area contributed by atoms with Crippen LogP contribution in [0, 0.1) is 12.3 Å². The maximum Gasteiger partial charge on any atom is 0.320 e. The summed E-state index contributed by atoms with van der Waals surface area (Å²) in [7, 11) is 2.04. The van der Waals surface area contributed by atoms with E-state index in [0.29, 0.717) is 17.1 Å². The number of nitrogens with one attached hydrogen (secondary N) is 4. The maximum atomic E-state index is 12.1. The molecular weight excluding hydrogens is 402 g/mol. The lowest BCUT2D eigenvalue weighted by atomic mass is 10.2. The van der Waals surface area contributed by atoms with E-state index < -0.39 is 0 Å². The second-order valence-electron chi connectivity index (χ2n) is 7.61. The molecule has 0 unspecified atom stereocenters. The lowest BCUT2D eigenvalue weighted by Gasteiger charge is -2.14. The van der Waals surface area contributed by atoms with Crippen molar-refractivity contribution in [1.82, 2.24) is 20.2 Å². The van der Waals surface area contributed by atoms with Crippen LogP contribution in [0.25, 0.3) is 0 Å². The summed E-state index contributed by atoms with van der Waals surface area (Å²) in [4.78, 5) is 22.7. The second kappa shape index (κ2) is 11.6. The first kappa shape index (κ1) is 22.9. The number of pyridine rings is 2. The molecule has 0 spiro atoms. The predicted molar refractivity (Wildman–Crippen MR) is 129 cm³/mol. The summed E-state index contributed by atoms with van der Waals surface area (Å²) in [6.07, 6.45) is 5.50. The van der Waals surface area contributed by atoms with Crippen LogP contribution < -0.4 is 16.0 Å². The van der Waals surface area contributed by atoms with Gasteiger partial charge in [0, 0.05) is 41.9 Å². The molecule has 2 amide bonds. The summed E-state index contributed by atoms with van der Waals surface area (Å²) in [5.74, 6) is 0.406. The molecule has 0 bridgehead atoms. The summed E-state index contributed by atoms with van der Waals surface area (Å²) < 4.78 is 0. The van der Waals surface area contributed by atoms with E-state index in [9.17, 15) is 4.79 Å². The largest absolute Gasteiger partial charge is 0.354 e. The van der Waals surface area contributed by atoms with Crippen molar-refractivity contribution in [3.8, 4) is 0 Å². The predicted octanol–water partition coefficient (Wildman–Crippen LogP) is 4.04. The Morgan fingerprint density at radius 3 is 2.47 bits per heavy atom. The van der Waals surface area contributed by atoms with Crippen molar-refractivity contribution >= 4 is 29.4 Å². The Hall–Kier alpha value is -3.78.